The van der Waals surface area contributed by atoms with Crippen LogP contribution in [0.2, 0.25) is 0 Å². The first-order valence-electron chi connectivity index (χ1n) is 8.23. The lowest BCUT2D eigenvalue weighted by Crippen LogP contribution is -2.03. The third kappa shape index (κ3) is 3.21. The van der Waals surface area contributed by atoms with Crippen LogP contribution in [0, 0.1) is 6.92 Å². The molecular weight excluding hydrogens is 268 g/mol. The molecule has 1 aromatic heterocycles. The predicted molar refractivity (Wildman–Crippen MR) is 94.8 cm³/mol. The third-order valence-corrected chi connectivity index (χ3v) is 4.79. The fraction of sp³-hybridized carbons (Fsp3) is 0.500. The second kappa shape index (κ2) is 6.60. The van der Waals surface area contributed by atoms with Crippen molar-refractivity contribution in [3.05, 3.63) is 52.1 Å². The fourth-order valence-electron chi connectivity index (χ4n) is 3.01. The van der Waals surface area contributed by atoms with Gasteiger partial charge in [0.15, 0.2) is 0 Å². The molecule has 118 valence electrons. The summed E-state index contributed by atoms with van der Waals surface area (Å²) in [5, 5.41) is 0. The van der Waals surface area contributed by atoms with Crippen molar-refractivity contribution < 1.29 is 0 Å². The molecule has 2 nitrogen and oxygen atoms in total. The summed E-state index contributed by atoms with van der Waals surface area (Å²) >= 11 is 0. The summed E-state index contributed by atoms with van der Waals surface area (Å²) in [4.78, 5) is 8.98. The van der Waals surface area contributed by atoms with E-state index in [4.69, 9.17) is 0 Å². The zero-order chi connectivity index (χ0) is 16.4. The van der Waals surface area contributed by atoms with Crippen LogP contribution in [0.25, 0.3) is 5.57 Å². The SMILES string of the molecule is C=C(/C(C)=C(/CC)C(C)=C(C)C)c1c(C)ncnc1C1CC1. The summed E-state index contributed by atoms with van der Waals surface area (Å²) in [5.74, 6) is 0.607. The monoisotopic (exact) mass is 296 g/mol. The van der Waals surface area contributed by atoms with Crippen LogP contribution in [0.15, 0.2) is 35.2 Å². The minimum Gasteiger partial charge on any atom is -0.241 e. The first-order valence-corrected chi connectivity index (χ1v) is 8.23. The Kier molecular flexibility index (Phi) is 5.00. The largest absolute Gasteiger partial charge is 0.241 e. The molecule has 0 spiro atoms. The molecule has 2 rings (SSSR count). The molecule has 0 bridgehead atoms. The number of hydrogen-bond acceptors (Lipinski definition) is 2. The van der Waals surface area contributed by atoms with Crippen LogP contribution < -0.4 is 0 Å². The van der Waals surface area contributed by atoms with Crippen molar-refractivity contribution in [2.45, 2.75) is 66.7 Å². The van der Waals surface area contributed by atoms with Crippen LogP contribution in [0.4, 0.5) is 0 Å². The quantitative estimate of drug-likeness (QED) is 0.646. The highest BCUT2D eigenvalue weighted by Crippen LogP contribution is 2.43. The van der Waals surface area contributed by atoms with Crippen molar-refractivity contribution in [3.63, 3.8) is 0 Å². The maximum absolute atomic E-state index is 4.56. The molecule has 1 heterocycles. The van der Waals surface area contributed by atoms with Crippen LogP contribution >= 0.6 is 0 Å². The van der Waals surface area contributed by atoms with E-state index in [9.17, 15) is 0 Å². The van der Waals surface area contributed by atoms with Gasteiger partial charge in [-0.25, -0.2) is 9.97 Å². The molecular formula is C20H28N2. The maximum atomic E-state index is 4.56. The molecule has 0 saturated heterocycles. The third-order valence-electron chi connectivity index (χ3n) is 4.79. The van der Waals surface area contributed by atoms with Gasteiger partial charge in [-0.1, -0.05) is 19.1 Å². The highest BCUT2D eigenvalue weighted by atomic mass is 14.9. The van der Waals surface area contributed by atoms with Crippen molar-refractivity contribution in [2.75, 3.05) is 0 Å². The van der Waals surface area contributed by atoms with Crippen molar-refractivity contribution in [1.29, 1.82) is 0 Å². The molecule has 2 heteroatoms. The Hall–Kier alpha value is -1.70. The van der Waals surface area contributed by atoms with Crippen molar-refractivity contribution in [3.8, 4) is 0 Å². The lowest BCUT2D eigenvalue weighted by Gasteiger charge is -2.18. The first-order chi connectivity index (χ1) is 10.4. The molecule has 1 aliphatic carbocycles. The zero-order valence-electron chi connectivity index (χ0n) is 14.9. The van der Waals surface area contributed by atoms with Gasteiger partial charge in [0.2, 0.25) is 0 Å². The van der Waals surface area contributed by atoms with E-state index in [0.717, 1.165) is 17.7 Å². The topological polar surface area (TPSA) is 25.8 Å². The summed E-state index contributed by atoms with van der Waals surface area (Å²) in [7, 11) is 0. The molecule has 0 aromatic carbocycles. The van der Waals surface area contributed by atoms with Gasteiger partial charge in [0.05, 0.1) is 5.69 Å². The van der Waals surface area contributed by atoms with Gasteiger partial charge in [0.25, 0.3) is 0 Å². The van der Waals surface area contributed by atoms with E-state index >= 15 is 0 Å². The summed E-state index contributed by atoms with van der Waals surface area (Å²) in [5.41, 5.74) is 9.94. The molecule has 22 heavy (non-hydrogen) atoms. The van der Waals surface area contributed by atoms with Gasteiger partial charge in [0.1, 0.15) is 6.33 Å². The average Bonchev–Trinajstić information content (AvgIpc) is 3.31. The number of allylic oxidation sites excluding steroid dienone is 5. The van der Waals surface area contributed by atoms with Crippen molar-refractivity contribution >= 4 is 5.57 Å². The van der Waals surface area contributed by atoms with Gasteiger partial charge in [-0.15, -0.1) is 0 Å². The lowest BCUT2D eigenvalue weighted by molar-refractivity contribution is 0.951. The number of nitrogens with zero attached hydrogens (tertiary/aromatic N) is 2. The molecule has 1 saturated carbocycles. The molecule has 0 atom stereocenters. The molecule has 1 aliphatic rings. The van der Waals surface area contributed by atoms with E-state index in [0.29, 0.717) is 5.92 Å². The van der Waals surface area contributed by atoms with Gasteiger partial charge in [-0.3, -0.25) is 0 Å². The van der Waals surface area contributed by atoms with E-state index in [2.05, 4.69) is 58.1 Å². The second-order valence-electron chi connectivity index (χ2n) is 6.55. The second-order valence-corrected chi connectivity index (χ2v) is 6.55. The molecule has 0 amide bonds. The predicted octanol–water partition coefficient (Wildman–Crippen LogP) is 5.76. The standard InChI is InChI=1S/C20H28N2/c1-8-18(13(4)12(2)3)14(5)15(6)19-16(7)21-11-22-20(19)17-9-10-17/h11,17H,6,8-10H2,1-5,7H3/b18-14-. The van der Waals surface area contributed by atoms with E-state index in [1.807, 2.05) is 0 Å². The van der Waals surface area contributed by atoms with E-state index < -0.39 is 0 Å². The van der Waals surface area contributed by atoms with E-state index in [1.165, 1.54) is 46.4 Å². The van der Waals surface area contributed by atoms with Gasteiger partial charge >= 0.3 is 0 Å². The van der Waals surface area contributed by atoms with Crippen molar-refractivity contribution in [2.24, 2.45) is 0 Å². The number of aromatic nitrogens is 2. The Morgan fingerprint density at radius 2 is 1.77 bits per heavy atom. The average molecular weight is 296 g/mol. The molecule has 0 aliphatic heterocycles. The highest BCUT2D eigenvalue weighted by Gasteiger charge is 2.29. The van der Waals surface area contributed by atoms with Crippen LogP contribution in [0.5, 0.6) is 0 Å². The van der Waals surface area contributed by atoms with E-state index in [-0.39, 0.29) is 0 Å². The first kappa shape index (κ1) is 16.7. The summed E-state index contributed by atoms with van der Waals surface area (Å²) in [6.07, 6.45) is 5.20. The molecule has 0 radical (unpaired) electrons. The summed E-state index contributed by atoms with van der Waals surface area (Å²) in [6.45, 7) is 17.4. The van der Waals surface area contributed by atoms with Crippen molar-refractivity contribution in [1.82, 2.24) is 9.97 Å². The lowest BCUT2D eigenvalue weighted by atomic mass is 9.88. The van der Waals surface area contributed by atoms with Crippen LogP contribution in [0.1, 0.15) is 76.8 Å². The fourth-order valence-corrected chi connectivity index (χ4v) is 3.01. The van der Waals surface area contributed by atoms with Gasteiger partial charge < -0.3 is 0 Å². The number of aryl methyl sites for hydroxylation is 1. The maximum Gasteiger partial charge on any atom is 0.115 e. The normalized spacial score (nSPS) is 15.4. The molecule has 1 aromatic rings. The Morgan fingerprint density at radius 3 is 2.27 bits per heavy atom. The van der Waals surface area contributed by atoms with Gasteiger partial charge in [-0.2, -0.15) is 0 Å². The zero-order valence-corrected chi connectivity index (χ0v) is 14.9. The van der Waals surface area contributed by atoms with Gasteiger partial charge in [-0.05, 0) is 76.2 Å². The van der Waals surface area contributed by atoms with Crippen LogP contribution in [-0.4, -0.2) is 9.97 Å². The van der Waals surface area contributed by atoms with Crippen LogP contribution in [-0.2, 0) is 0 Å². The Morgan fingerprint density at radius 1 is 1.14 bits per heavy atom. The minimum atomic E-state index is 0.607. The van der Waals surface area contributed by atoms with Crippen LogP contribution in [0.3, 0.4) is 0 Å². The smallest absolute Gasteiger partial charge is 0.115 e. The Bertz CT molecular complexity index is 654. The molecule has 0 N–H and O–H groups in total. The highest BCUT2D eigenvalue weighted by molar-refractivity contribution is 5.81. The number of hydrogen-bond donors (Lipinski definition) is 0. The Balaban J connectivity index is 2.54. The Labute approximate surface area is 135 Å². The van der Waals surface area contributed by atoms with Gasteiger partial charge in [0, 0.05) is 17.2 Å². The number of rotatable bonds is 5. The molecule has 0 unspecified atom stereocenters. The summed E-state index contributed by atoms with van der Waals surface area (Å²) < 4.78 is 0. The summed E-state index contributed by atoms with van der Waals surface area (Å²) in [6, 6.07) is 0. The minimum absolute atomic E-state index is 0.607. The van der Waals surface area contributed by atoms with E-state index in [1.54, 1.807) is 6.33 Å². The molecule has 1 fully saturated rings.